The highest BCUT2D eigenvalue weighted by Crippen LogP contribution is 2.26. The summed E-state index contributed by atoms with van der Waals surface area (Å²) < 4.78 is 12.0. The van der Waals surface area contributed by atoms with Gasteiger partial charge in [0.2, 0.25) is 0 Å². The highest BCUT2D eigenvalue weighted by Gasteiger charge is 2.29. The summed E-state index contributed by atoms with van der Waals surface area (Å²) in [5.74, 6) is -0.0529. The van der Waals surface area contributed by atoms with Crippen molar-refractivity contribution >= 4 is 17.9 Å². The molecule has 0 unspecified atom stereocenters. The molecule has 0 spiro atoms. The molecule has 0 saturated carbocycles. The third-order valence-corrected chi connectivity index (χ3v) is 3.71. The van der Waals surface area contributed by atoms with Crippen molar-refractivity contribution in [2.24, 2.45) is 0 Å². The Balaban J connectivity index is 1.97. The Labute approximate surface area is 141 Å². The normalized spacial score (nSPS) is 16.1. The fraction of sp³-hybridized carbons (Fsp3) is 0.688. The van der Waals surface area contributed by atoms with Gasteiger partial charge in [-0.15, -0.1) is 0 Å². The van der Waals surface area contributed by atoms with Gasteiger partial charge in [-0.3, -0.25) is 0 Å². The van der Waals surface area contributed by atoms with Crippen LogP contribution in [0.1, 0.15) is 57.1 Å². The summed E-state index contributed by atoms with van der Waals surface area (Å²) in [6.07, 6.45) is 1.10. The van der Waals surface area contributed by atoms with Crippen LogP contribution in [0.3, 0.4) is 0 Å². The average molecular weight is 338 g/mol. The molecule has 8 heteroatoms. The second-order valence-electron chi connectivity index (χ2n) is 6.82. The first-order valence-electron chi connectivity index (χ1n) is 8.21. The van der Waals surface area contributed by atoms with E-state index in [4.69, 9.17) is 15.2 Å². The highest BCUT2D eigenvalue weighted by atomic mass is 16.6. The van der Waals surface area contributed by atoms with E-state index in [1.54, 1.807) is 16.5 Å². The predicted octanol–water partition coefficient (Wildman–Crippen LogP) is 2.21. The smallest absolute Gasteiger partial charge is 0.410 e. The summed E-state index contributed by atoms with van der Waals surface area (Å²) in [4.78, 5) is 25.5. The lowest BCUT2D eigenvalue weighted by atomic mass is 10.1. The van der Waals surface area contributed by atoms with E-state index in [1.165, 1.54) is 6.07 Å². The molecule has 2 heterocycles. The van der Waals surface area contributed by atoms with Crippen LogP contribution in [-0.4, -0.2) is 52.0 Å². The van der Waals surface area contributed by atoms with E-state index in [-0.39, 0.29) is 17.8 Å². The summed E-state index contributed by atoms with van der Waals surface area (Å²) in [6.45, 7) is 8.70. The van der Waals surface area contributed by atoms with Crippen molar-refractivity contribution in [3.63, 3.8) is 0 Å². The van der Waals surface area contributed by atoms with Crippen LogP contribution in [0.5, 0.6) is 0 Å². The summed E-state index contributed by atoms with van der Waals surface area (Å²) in [6, 6.07) is 1.57. The summed E-state index contributed by atoms with van der Waals surface area (Å²) in [5, 5.41) is 4.26. The van der Waals surface area contributed by atoms with E-state index in [0.717, 1.165) is 0 Å². The maximum absolute atomic E-state index is 12.1. The third kappa shape index (κ3) is 4.39. The quantitative estimate of drug-likeness (QED) is 0.848. The van der Waals surface area contributed by atoms with Gasteiger partial charge in [-0.25, -0.2) is 14.3 Å². The first-order valence-corrected chi connectivity index (χ1v) is 8.21. The van der Waals surface area contributed by atoms with Gasteiger partial charge in [-0.1, -0.05) is 0 Å². The zero-order valence-electron chi connectivity index (χ0n) is 14.7. The van der Waals surface area contributed by atoms with Crippen LogP contribution in [0.2, 0.25) is 0 Å². The molecule has 0 atom stereocenters. The molecule has 1 aliphatic rings. The molecule has 24 heavy (non-hydrogen) atoms. The second kappa shape index (κ2) is 7.11. The number of anilines is 1. The molecule has 134 valence electrons. The molecule has 0 aliphatic carbocycles. The molecule has 1 saturated heterocycles. The van der Waals surface area contributed by atoms with Crippen LogP contribution in [0.4, 0.5) is 10.6 Å². The van der Waals surface area contributed by atoms with Gasteiger partial charge in [0.25, 0.3) is 0 Å². The molecule has 2 rings (SSSR count). The third-order valence-electron chi connectivity index (χ3n) is 3.71. The van der Waals surface area contributed by atoms with Crippen molar-refractivity contribution in [1.82, 2.24) is 14.7 Å². The molecule has 0 aromatic carbocycles. The summed E-state index contributed by atoms with van der Waals surface area (Å²) in [5.41, 5.74) is 5.68. The lowest BCUT2D eigenvalue weighted by molar-refractivity contribution is 0.0185. The monoisotopic (exact) mass is 338 g/mol. The molecule has 8 nitrogen and oxygen atoms in total. The maximum Gasteiger partial charge on any atom is 0.410 e. The van der Waals surface area contributed by atoms with E-state index in [1.807, 2.05) is 20.8 Å². The number of hydrogen-bond acceptors (Lipinski definition) is 6. The van der Waals surface area contributed by atoms with Gasteiger partial charge in [-0.05, 0) is 40.5 Å². The Morgan fingerprint density at radius 2 is 1.96 bits per heavy atom. The topological polar surface area (TPSA) is 99.7 Å². The van der Waals surface area contributed by atoms with Crippen LogP contribution >= 0.6 is 0 Å². The molecule has 1 amide bonds. The number of esters is 1. The van der Waals surface area contributed by atoms with Gasteiger partial charge in [0.15, 0.2) is 5.69 Å². The van der Waals surface area contributed by atoms with Gasteiger partial charge >= 0.3 is 12.1 Å². The lowest BCUT2D eigenvalue weighted by Gasteiger charge is -2.33. The van der Waals surface area contributed by atoms with E-state index in [2.05, 4.69) is 5.10 Å². The number of carbonyl (C=O) groups excluding carboxylic acids is 2. The molecule has 0 radical (unpaired) electrons. The van der Waals surface area contributed by atoms with Crippen LogP contribution in [0.25, 0.3) is 0 Å². The van der Waals surface area contributed by atoms with Crippen molar-refractivity contribution in [2.75, 3.05) is 25.4 Å². The fourth-order valence-electron chi connectivity index (χ4n) is 2.63. The Kier molecular flexibility index (Phi) is 5.36. The van der Waals surface area contributed by atoms with Crippen LogP contribution in [-0.2, 0) is 9.47 Å². The second-order valence-corrected chi connectivity index (χ2v) is 6.82. The van der Waals surface area contributed by atoms with Crippen LogP contribution < -0.4 is 5.73 Å². The van der Waals surface area contributed by atoms with Crippen molar-refractivity contribution in [3.8, 4) is 0 Å². The standard InChI is InChI=1S/C16H26N4O4/c1-5-23-14(21)12-10-13(17)20(18-12)11-6-8-19(9-7-11)15(22)24-16(2,3)4/h10-11H,5-9,17H2,1-4H3. The van der Waals surface area contributed by atoms with E-state index in [9.17, 15) is 9.59 Å². The van der Waals surface area contributed by atoms with Gasteiger partial charge < -0.3 is 20.1 Å². The minimum Gasteiger partial charge on any atom is -0.461 e. The molecular weight excluding hydrogens is 312 g/mol. The lowest BCUT2D eigenvalue weighted by Crippen LogP contribution is -2.42. The first kappa shape index (κ1) is 18.1. The van der Waals surface area contributed by atoms with Gasteiger partial charge in [0, 0.05) is 19.2 Å². The van der Waals surface area contributed by atoms with E-state index >= 15 is 0 Å². The molecule has 1 aromatic heterocycles. The number of nitrogen functional groups attached to an aromatic ring is 1. The number of piperidine rings is 1. The van der Waals surface area contributed by atoms with Crippen molar-refractivity contribution in [3.05, 3.63) is 11.8 Å². The van der Waals surface area contributed by atoms with Crippen molar-refractivity contribution in [1.29, 1.82) is 0 Å². The zero-order chi connectivity index (χ0) is 17.9. The van der Waals surface area contributed by atoms with E-state index < -0.39 is 11.6 Å². The minimum absolute atomic E-state index is 0.0480. The molecule has 0 bridgehead atoms. The van der Waals surface area contributed by atoms with Gasteiger partial charge in [0.1, 0.15) is 11.4 Å². The average Bonchev–Trinajstić information content (AvgIpc) is 2.88. The van der Waals surface area contributed by atoms with Crippen LogP contribution in [0, 0.1) is 0 Å². The Hall–Kier alpha value is -2.25. The number of carbonyl (C=O) groups is 2. The Morgan fingerprint density at radius 3 is 2.50 bits per heavy atom. The maximum atomic E-state index is 12.1. The molecule has 1 aromatic rings. The summed E-state index contributed by atoms with van der Waals surface area (Å²) >= 11 is 0. The molecule has 1 fully saturated rings. The Morgan fingerprint density at radius 1 is 1.33 bits per heavy atom. The number of nitrogens with zero attached hydrogens (tertiary/aromatic N) is 3. The number of amides is 1. The fourth-order valence-corrected chi connectivity index (χ4v) is 2.63. The van der Waals surface area contributed by atoms with Crippen molar-refractivity contribution < 1.29 is 19.1 Å². The molecule has 1 aliphatic heterocycles. The number of likely N-dealkylation sites (tertiary alicyclic amines) is 1. The van der Waals surface area contributed by atoms with Gasteiger partial charge in [0.05, 0.1) is 12.6 Å². The SMILES string of the molecule is CCOC(=O)c1cc(N)n(C2CCN(C(=O)OC(C)(C)C)CC2)n1. The number of ether oxygens (including phenoxy) is 2. The molecular formula is C16H26N4O4. The largest absolute Gasteiger partial charge is 0.461 e. The Bertz CT molecular complexity index is 598. The van der Waals surface area contributed by atoms with Gasteiger partial charge in [-0.2, -0.15) is 5.10 Å². The highest BCUT2D eigenvalue weighted by molar-refractivity contribution is 5.88. The number of hydrogen-bond donors (Lipinski definition) is 1. The minimum atomic E-state index is -0.505. The van der Waals surface area contributed by atoms with Crippen LogP contribution in [0.15, 0.2) is 6.07 Å². The number of rotatable bonds is 3. The predicted molar refractivity (Wildman–Crippen MR) is 88.7 cm³/mol. The number of aromatic nitrogens is 2. The zero-order valence-corrected chi connectivity index (χ0v) is 14.7. The first-order chi connectivity index (χ1) is 11.2. The number of nitrogens with two attached hydrogens (primary N) is 1. The molecule has 2 N–H and O–H groups in total. The van der Waals surface area contributed by atoms with Crippen molar-refractivity contribution in [2.45, 2.75) is 52.2 Å². The summed E-state index contributed by atoms with van der Waals surface area (Å²) in [7, 11) is 0. The van der Waals surface area contributed by atoms with E-state index in [0.29, 0.717) is 38.4 Å².